The molecule has 2 atom stereocenters. The van der Waals surface area contributed by atoms with E-state index in [1.165, 1.54) is 154 Å². The number of nitriles is 2. The van der Waals surface area contributed by atoms with Crippen LogP contribution in [-0.2, 0) is 0 Å². The highest BCUT2D eigenvalue weighted by atomic mass is 14.2. The fourth-order valence-corrected chi connectivity index (χ4v) is 5.82. The van der Waals surface area contributed by atoms with Crippen molar-refractivity contribution in [2.24, 2.45) is 11.8 Å². The molecule has 0 bridgehead atoms. The Hall–Kier alpha value is -1.28. The maximum absolute atomic E-state index is 8.78. The molecule has 0 aliphatic carbocycles. The zero-order valence-corrected chi connectivity index (χ0v) is 26.0. The van der Waals surface area contributed by atoms with Crippen LogP contribution in [0.15, 0.2) is 12.2 Å². The largest absolute Gasteiger partial charge is 0.198 e. The van der Waals surface area contributed by atoms with Gasteiger partial charge in [0.15, 0.2) is 0 Å². The lowest BCUT2D eigenvalue weighted by molar-refractivity contribution is 0.300. The number of allylic oxidation sites excluding steroid dienone is 2. The molecule has 2 unspecified atom stereocenters. The van der Waals surface area contributed by atoms with Crippen molar-refractivity contribution in [3.63, 3.8) is 0 Å². The second-order valence-electron chi connectivity index (χ2n) is 11.9. The predicted octanol–water partition coefficient (Wildman–Crippen LogP) is 12.8. The van der Waals surface area contributed by atoms with Crippen molar-refractivity contribution in [1.82, 2.24) is 0 Å². The molecule has 0 saturated carbocycles. The van der Waals surface area contributed by atoms with E-state index in [0.29, 0.717) is 6.42 Å². The van der Waals surface area contributed by atoms with E-state index >= 15 is 0 Å². The molecule has 0 spiro atoms. The molecule has 0 saturated heterocycles. The molecular weight excluding hydrogens is 460 g/mol. The number of nitrogens with zero attached hydrogens (tertiary/aromatic N) is 2. The Labute approximate surface area is 240 Å². The molecule has 0 N–H and O–H groups in total. The molecule has 0 rings (SSSR count). The lowest BCUT2D eigenvalue weighted by Gasteiger charge is -2.26. The standard InChI is InChI=1S/C36H66N2/c1-3-5-7-9-11-17-23-29-35(31-25-19-13-15-21-27-33-37)36(30-24-18-12-10-8-6-4-2)32-26-20-14-16-22-28-34-38/h25,31,35-36H,3-24,26-30,32H2,1-2H3/b31-25-. The molecule has 0 fully saturated rings. The number of hydrogen-bond donors (Lipinski definition) is 0. The van der Waals surface area contributed by atoms with E-state index < -0.39 is 0 Å². The Morgan fingerprint density at radius 2 is 0.868 bits per heavy atom. The van der Waals surface area contributed by atoms with Crippen molar-refractivity contribution in [2.75, 3.05) is 0 Å². The summed E-state index contributed by atoms with van der Waals surface area (Å²) in [6.45, 7) is 4.61. The van der Waals surface area contributed by atoms with E-state index in [9.17, 15) is 0 Å². The number of rotatable bonds is 30. The van der Waals surface area contributed by atoms with E-state index in [1.54, 1.807) is 0 Å². The fourth-order valence-electron chi connectivity index (χ4n) is 5.82. The fraction of sp³-hybridized carbons (Fsp3) is 0.889. The normalized spacial score (nSPS) is 12.9. The molecule has 0 amide bonds. The van der Waals surface area contributed by atoms with E-state index in [1.807, 2.05) is 0 Å². The average molecular weight is 527 g/mol. The van der Waals surface area contributed by atoms with Gasteiger partial charge in [-0.2, -0.15) is 10.5 Å². The summed E-state index contributed by atoms with van der Waals surface area (Å²) < 4.78 is 0. The predicted molar refractivity (Wildman–Crippen MR) is 168 cm³/mol. The minimum absolute atomic E-state index is 0.710. The first kappa shape index (κ1) is 36.7. The second-order valence-corrected chi connectivity index (χ2v) is 11.9. The summed E-state index contributed by atoms with van der Waals surface area (Å²) in [5.74, 6) is 1.60. The molecule has 0 heterocycles. The summed E-state index contributed by atoms with van der Waals surface area (Å²) in [5, 5.41) is 17.6. The molecule has 220 valence electrons. The quantitative estimate of drug-likeness (QED) is 0.0690. The maximum atomic E-state index is 8.78. The summed E-state index contributed by atoms with van der Waals surface area (Å²) in [5.41, 5.74) is 0. The third-order valence-electron chi connectivity index (χ3n) is 8.33. The Morgan fingerprint density at radius 3 is 1.34 bits per heavy atom. The highest BCUT2D eigenvalue weighted by Gasteiger charge is 2.18. The summed E-state index contributed by atoms with van der Waals surface area (Å²) in [6, 6.07) is 4.57. The molecule has 0 aromatic rings. The third kappa shape index (κ3) is 26.3. The van der Waals surface area contributed by atoms with Crippen molar-refractivity contribution < 1.29 is 0 Å². The average Bonchev–Trinajstić information content (AvgIpc) is 2.93. The zero-order valence-electron chi connectivity index (χ0n) is 26.0. The van der Waals surface area contributed by atoms with Crippen LogP contribution in [0.5, 0.6) is 0 Å². The first-order valence-electron chi connectivity index (χ1n) is 17.2. The first-order valence-corrected chi connectivity index (χ1v) is 17.2. The van der Waals surface area contributed by atoms with Crippen LogP contribution in [0.1, 0.15) is 194 Å². The maximum Gasteiger partial charge on any atom is 0.0621 e. The van der Waals surface area contributed by atoms with Crippen LogP contribution in [0, 0.1) is 34.5 Å². The highest BCUT2D eigenvalue weighted by molar-refractivity contribution is 4.92. The van der Waals surface area contributed by atoms with Gasteiger partial charge in [0, 0.05) is 12.8 Å². The van der Waals surface area contributed by atoms with Crippen LogP contribution in [0.3, 0.4) is 0 Å². The Kier molecular flexibility index (Phi) is 30.9. The van der Waals surface area contributed by atoms with Crippen LogP contribution < -0.4 is 0 Å². The minimum atomic E-state index is 0.710. The van der Waals surface area contributed by atoms with E-state index in [-0.39, 0.29) is 0 Å². The summed E-state index contributed by atoms with van der Waals surface area (Å²) in [7, 11) is 0. The summed E-state index contributed by atoms with van der Waals surface area (Å²) in [4.78, 5) is 0. The molecule has 0 aromatic carbocycles. The SMILES string of the molecule is CCCCCCCCCC(/C=C\CCCCCC#N)C(CCCCCCCC#N)CCCCCCCCC. The van der Waals surface area contributed by atoms with Gasteiger partial charge in [0.25, 0.3) is 0 Å². The van der Waals surface area contributed by atoms with Gasteiger partial charge in [0.1, 0.15) is 0 Å². The van der Waals surface area contributed by atoms with E-state index in [2.05, 4.69) is 38.1 Å². The van der Waals surface area contributed by atoms with Crippen molar-refractivity contribution in [2.45, 2.75) is 194 Å². The Balaban J connectivity index is 4.84. The third-order valence-corrected chi connectivity index (χ3v) is 8.33. The van der Waals surface area contributed by atoms with Gasteiger partial charge in [-0.15, -0.1) is 0 Å². The van der Waals surface area contributed by atoms with E-state index in [0.717, 1.165) is 31.1 Å². The van der Waals surface area contributed by atoms with Gasteiger partial charge < -0.3 is 0 Å². The second kappa shape index (κ2) is 31.9. The van der Waals surface area contributed by atoms with Crippen molar-refractivity contribution in [3.8, 4) is 12.1 Å². The lowest BCUT2D eigenvalue weighted by Crippen LogP contribution is -2.14. The van der Waals surface area contributed by atoms with Crippen LogP contribution in [-0.4, -0.2) is 0 Å². The number of hydrogen-bond acceptors (Lipinski definition) is 2. The minimum Gasteiger partial charge on any atom is -0.198 e. The van der Waals surface area contributed by atoms with Crippen LogP contribution >= 0.6 is 0 Å². The Morgan fingerprint density at radius 1 is 0.474 bits per heavy atom. The van der Waals surface area contributed by atoms with Crippen molar-refractivity contribution in [3.05, 3.63) is 12.2 Å². The van der Waals surface area contributed by atoms with Gasteiger partial charge in [0.05, 0.1) is 12.1 Å². The van der Waals surface area contributed by atoms with E-state index in [4.69, 9.17) is 10.5 Å². The molecule has 2 nitrogen and oxygen atoms in total. The molecule has 38 heavy (non-hydrogen) atoms. The number of unbranched alkanes of at least 4 members (excludes halogenated alkanes) is 21. The first-order chi connectivity index (χ1) is 18.8. The molecule has 0 aliphatic rings. The molecular formula is C36H66N2. The van der Waals surface area contributed by atoms with Gasteiger partial charge in [-0.05, 0) is 56.8 Å². The topological polar surface area (TPSA) is 47.6 Å². The molecule has 0 radical (unpaired) electrons. The highest BCUT2D eigenvalue weighted by Crippen LogP contribution is 2.31. The van der Waals surface area contributed by atoms with Gasteiger partial charge in [-0.25, -0.2) is 0 Å². The van der Waals surface area contributed by atoms with Gasteiger partial charge in [-0.3, -0.25) is 0 Å². The van der Waals surface area contributed by atoms with Gasteiger partial charge in [-0.1, -0.05) is 148 Å². The molecule has 0 aromatic heterocycles. The monoisotopic (exact) mass is 527 g/mol. The van der Waals surface area contributed by atoms with Crippen LogP contribution in [0.25, 0.3) is 0 Å². The van der Waals surface area contributed by atoms with Crippen LogP contribution in [0.4, 0.5) is 0 Å². The molecule has 2 heteroatoms. The Bertz CT molecular complexity index is 567. The van der Waals surface area contributed by atoms with Crippen molar-refractivity contribution in [1.29, 1.82) is 10.5 Å². The summed E-state index contributed by atoms with van der Waals surface area (Å²) >= 11 is 0. The lowest BCUT2D eigenvalue weighted by atomic mass is 9.80. The van der Waals surface area contributed by atoms with Crippen molar-refractivity contribution >= 4 is 0 Å². The summed E-state index contributed by atoms with van der Waals surface area (Å²) in [6.07, 6.45) is 41.3. The van der Waals surface area contributed by atoms with Gasteiger partial charge in [0.2, 0.25) is 0 Å². The smallest absolute Gasteiger partial charge is 0.0621 e. The van der Waals surface area contributed by atoms with Gasteiger partial charge >= 0.3 is 0 Å². The zero-order chi connectivity index (χ0) is 27.8. The van der Waals surface area contributed by atoms with Crippen LogP contribution in [0.2, 0.25) is 0 Å². The molecule has 0 aliphatic heterocycles.